The molecular formula is C27H43N5O4S. The van der Waals surface area contributed by atoms with Crippen LogP contribution in [-0.4, -0.2) is 79.2 Å². The second kappa shape index (κ2) is 12.8. The van der Waals surface area contributed by atoms with Crippen molar-refractivity contribution in [3.05, 3.63) is 36.0 Å². The predicted octanol–water partition coefficient (Wildman–Crippen LogP) is 3.96. The molecule has 1 aliphatic heterocycles. The Kier molecular flexibility index (Phi) is 10.0. The van der Waals surface area contributed by atoms with Crippen LogP contribution in [0.3, 0.4) is 0 Å². The van der Waals surface area contributed by atoms with Crippen molar-refractivity contribution in [3.8, 4) is 5.75 Å². The van der Waals surface area contributed by atoms with Crippen LogP contribution in [0, 0.1) is 11.8 Å². The second-order valence-corrected chi connectivity index (χ2v) is 12.3. The minimum Gasteiger partial charge on any atom is -0.492 e. The Balaban J connectivity index is 1.87. The average molecular weight is 534 g/mol. The summed E-state index contributed by atoms with van der Waals surface area (Å²) in [5.74, 6) is 1.05. The van der Waals surface area contributed by atoms with Crippen LogP contribution in [0.4, 0.5) is 5.69 Å². The molecule has 37 heavy (non-hydrogen) atoms. The lowest BCUT2D eigenvalue weighted by atomic mass is 10.1. The predicted molar refractivity (Wildman–Crippen MR) is 147 cm³/mol. The number of amides is 1. The number of carbonyl (C=O) groups excluding carboxylic acids is 1. The first-order valence-electron chi connectivity index (χ1n) is 13.4. The van der Waals surface area contributed by atoms with Crippen LogP contribution >= 0.6 is 0 Å². The standard InChI is InChI=1S/C27H43N5O4S/c1-7-13-31-20-23(27(33)30(18-21(3)4)19-22(5)6)26(28-31)37(34,35)32-16-14-29(15-17-32)24-11-9-10-12-25(24)36-8-2/h9-12,20-22H,7-8,13-19H2,1-6H3. The monoisotopic (exact) mass is 533 g/mol. The maximum absolute atomic E-state index is 13.8. The van der Waals surface area contributed by atoms with Crippen molar-refractivity contribution in [3.63, 3.8) is 0 Å². The van der Waals surface area contributed by atoms with E-state index in [1.807, 2.05) is 38.1 Å². The summed E-state index contributed by atoms with van der Waals surface area (Å²) in [4.78, 5) is 17.6. The summed E-state index contributed by atoms with van der Waals surface area (Å²) in [6.45, 7) is 16.1. The van der Waals surface area contributed by atoms with Crippen molar-refractivity contribution < 1.29 is 17.9 Å². The van der Waals surface area contributed by atoms with Gasteiger partial charge in [-0.3, -0.25) is 9.48 Å². The van der Waals surface area contributed by atoms with Gasteiger partial charge < -0.3 is 14.5 Å². The molecule has 0 radical (unpaired) electrons. The summed E-state index contributed by atoms with van der Waals surface area (Å²) in [5.41, 5.74) is 1.13. The number of sulfonamides is 1. The third-order valence-corrected chi connectivity index (χ3v) is 8.03. The van der Waals surface area contributed by atoms with E-state index in [4.69, 9.17) is 4.74 Å². The molecule has 2 heterocycles. The second-order valence-electron chi connectivity index (χ2n) is 10.4. The highest BCUT2D eigenvalue weighted by atomic mass is 32.2. The Morgan fingerprint density at radius 1 is 1.03 bits per heavy atom. The van der Waals surface area contributed by atoms with Crippen LogP contribution in [0.25, 0.3) is 0 Å². The number of piperazine rings is 1. The summed E-state index contributed by atoms with van der Waals surface area (Å²) in [5, 5.41) is 4.30. The minimum absolute atomic E-state index is 0.133. The maximum atomic E-state index is 13.8. The highest BCUT2D eigenvalue weighted by molar-refractivity contribution is 7.89. The van der Waals surface area contributed by atoms with Gasteiger partial charge in [0.15, 0.2) is 0 Å². The van der Waals surface area contributed by atoms with Crippen LogP contribution in [-0.2, 0) is 16.6 Å². The normalized spacial score (nSPS) is 15.0. The number of rotatable bonds is 12. The van der Waals surface area contributed by atoms with E-state index in [9.17, 15) is 13.2 Å². The Bertz CT molecular complexity index is 1130. The number of hydrogen-bond donors (Lipinski definition) is 0. The molecule has 0 atom stereocenters. The largest absolute Gasteiger partial charge is 0.492 e. The van der Waals surface area contributed by atoms with Gasteiger partial charge >= 0.3 is 0 Å². The molecule has 9 nitrogen and oxygen atoms in total. The highest BCUT2D eigenvalue weighted by Crippen LogP contribution is 2.30. The molecule has 3 rings (SSSR count). The van der Waals surface area contributed by atoms with Crippen LogP contribution < -0.4 is 9.64 Å². The summed E-state index contributed by atoms with van der Waals surface area (Å²) in [7, 11) is -3.96. The number of para-hydroxylation sites is 2. The van der Waals surface area contributed by atoms with Gasteiger partial charge in [0.05, 0.1) is 17.9 Å². The number of aromatic nitrogens is 2. The zero-order valence-electron chi connectivity index (χ0n) is 23.2. The number of ether oxygens (including phenoxy) is 1. The maximum Gasteiger partial charge on any atom is 0.263 e. The van der Waals surface area contributed by atoms with Gasteiger partial charge in [0.2, 0.25) is 5.03 Å². The fourth-order valence-corrected chi connectivity index (χ4v) is 6.18. The summed E-state index contributed by atoms with van der Waals surface area (Å²) >= 11 is 0. The first-order valence-corrected chi connectivity index (χ1v) is 14.9. The molecule has 1 aliphatic rings. The number of hydrogen-bond acceptors (Lipinski definition) is 6. The van der Waals surface area contributed by atoms with Gasteiger partial charge in [-0.25, -0.2) is 8.42 Å². The fraction of sp³-hybridized carbons (Fsp3) is 0.630. The number of nitrogens with zero attached hydrogens (tertiary/aromatic N) is 5. The van der Waals surface area contributed by atoms with Gasteiger partial charge in [0.25, 0.3) is 15.9 Å². The van der Waals surface area contributed by atoms with Crippen LogP contribution in [0.2, 0.25) is 0 Å². The molecule has 0 unspecified atom stereocenters. The van der Waals surface area contributed by atoms with E-state index in [0.29, 0.717) is 52.4 Å². The van der Waals surface area contributed by atoms with Gasteiger partial charge in [-0.05, 0) is 37.3 Å². The molecule has 10 heteroatoms. The van der Waals surface area contributed by atoms with E-state index in [0.717, 1.165) is 17.9 Å². The van der Waals surface area contributed by atoms with E-state index in [2.05, 4.69) is 37.7 Å². The van der Waals surface area contributed by atoms with Crippen LogP contribution in [0.5, 0.6) is 5.75 Å². The molecule has 206 valence electrons. The molecule has 1 amide bonds. The topological polar surface area (TPSA) is 88.0 Å². The lowest BCUT2D eigenvalue weighted by molar-refractivity contribution is 0.0711. The summed E-state index contributed by atoms with van der Waals surface area (Å²) < 4.78 is 36.5. The van der Waals surface area contributed by atoms with Crippen molar-refractivity contribution in [1.29, 1.82) is 0 Å². The molecule has 1 saturated heterocycles. The zero-order chi connectivity index (χ0) is 27.2. The number of carbonyl (C=O) groups is 1. The fourth-order valence-electron chi connectivity index (χ4n) is 4.66. The van der Waals surface area contributed by atoms with E-state index < -0.39 is 10.0 Å². The molecular weight excluding hydrogens is 490 g/mol. The van der Waals surface area contributed by atoms with E-state index in [-0.39, 0.29) is 28.3 Å². The van der Waals surface area contributed by atoms with Crippen LogP contribution in [0.1, 0.15) is 58.3 Å². The van der Waals surface area contributed by atoms with E-state index in [1.165, 1.54) is 4.31 Å². The zero-order valence-corrected chi connectivity index (χ0v) is 24.0. The van der Waals surface area contributed by atoms with Crippen molar-refractivity contribution in [2.75, 3.05) is 50.8 Å². The SMILES string of the molecule is CCCn1cc(C(=O)N(CC(C)C)CC(C)C)c(S(=O)(=O)N2CCN(c3ccccc3OCC)CC2)n1. The van der Waals surface area contributed by atoms with E-state index >= 15 is 0 Å². The van der Waals surface area contributed by atoms with Gasteiger partial charge in [-0.15, -0.1) is 0 Å². The minimum atomic E-state index is -3.96. The lowest BCUT2D eigenvalue weighted by Gasteiger charge is -2.35. The molecule has 1 fully saturated rings. The molecule has 0 N–H and O–H groups in total. The van der Waals surface area contributed by atoms with Gasteiger partial charge in [0.1, 0.15) is 5.75 Å². The molecule has 2 aromatic rings. The number of aryl methyl sites for hydroxylation is 1. The molecule has 1 aromatic heterocycles. The van der Waals surface area contributed by atoms with Crippen molar-refractivity contribution in [1.82, 2.24) is 19.0 Å². The smallest absolute Gasteiger partial charge is 0.263 e. The Morgan fingerprint density at radius 2 is 1.65 bits per heavy atom. The van der Waals surface area contributed by atoms with Gasteiger partial charge in [0, 0.05) is 52.0 Å². The summed E-state index contributed by atoms with van der Waals surface area (Å²) in [6, 6.07) is 7.82. The third-order valence-electron chi connectivity index (χ3n) is 6.20. The van der Waals surface area contributed by atoms with Gasteiger partial charge in [-0.2, -0.15) is 9.40 Å². The van der Waals surface area contributed by atoms with E-state index in [1.54, 1.807) is 15.8 Å². The molecule has 0 saturated carbocycles. The number of benzene rings is 1. The number of anilines is 1. The Hall–Kier alpha value is -2.59. The van der Waals surface area contributed by atoms with Crippen molar-refractivity contribution in [2.24, 2.45) is 11.8 Å². The molecule has 0 aliphatic carbocycles. The molecule has 1 aromatic carbocycles. The lowest BCUT2D eigenvalue weighted by Crippen LogP contribution is -2.49. The average Bonchev–Trinajstić information content (AvgIpc) is 3.28. The first-order chi connectivity index (χ1) is 17.6. The first kappa shape index (κ1) is 29.0. The van der Waals surface area contributed by atoms with Crippen molar-refractivity contribution in [2.45, 2.75) is 59.5 Å². The van der Waals surface area contributed by atoms with Gasteiger partial charge in [-0.1, -0.05) is 46.8 Å². The highest BCUT2D eigenvalue weighted by Gasteiger charge is 2.36. The Morgan fingerprint density at radius 3 is 2.22 bits per heavy atom. The quantitative estimate of drug-likeness (QED) is 0.411. The summed E-state index contributed by atoms with van der Waals surface area (Å²) in [6.07, 6.45) is 2.40. The molecule has 0 spiro atoms. The molecule has 0 bridgehead atoms. The van der Waals surface area contributed by atoms with Crippen LogP contribution in [0.15, 0.2) is 35.5 Å². The third kappa shape index (κ3) is 7.04. The Labute approximate surface area is 222 Å². The van der Waals surface area contributed by atoms with Crippen molar-refractivity contribution >= 4 is 21.6 Å².